The van der Waals surface area contributed by atoms with Gasteiger partial charge in [-0.15, -0.1) is 0 Å². The Bertz CT molecular complexity index is 557. The predicted octanol–water partition coefficient (Wildman–Crippen LogP) is 0.198. The van der Waals surface area contributed by atoms with Gasteiger partial charge in [0.15, 0.2) is 6.29 Å². The van der Waals surface area contributed by atoms with Crippen LogP contribution in [-0.2, 0) is 14.3 Å². The van der Waals surface area contributed by atoms with E-state index in [-0.39, 0.29) is 6.42 Å². The van der Waals surface area contributed by atoms with Crippen molar-refractivity contribution in [1.82, 2.24) is 0 Å². The molecule has 2 fully saturated rings. The second kappa shape index (κ2) is 5.68. The van der Waals surface area contributed by atoms with Crippen LogP contribution in [0.15, 0.2) is 23.8 Å². The Hall–Kier alpha value is -1.25. The van der Waals surface area contributed by atoms with Crippen LogP contribution in [0.2, 0.25) is 0 Å². The molecule has 0 aromatic carbocycles. The van der Waals surface area contributed by atoms with Gasteiger partial charge in [0.1, 0.15) is 11.2 Å². The topological polar surface area (TPSA) is 116 Å². The van der Waals surface area contributed by atoms with E-state index in [4.69, 9.17) is 14.6 Å². The van der Waals surface area contributed by atoms with Crippen molar-refractivity contribution in [2.75, 3.05) is 7.11 Å². The van der Waals surface area contributed by atoms with Gasteiger partial charge in [-0.25, -0.2) is 4.79 Å². The summed E-state index contributed by atoms with van der Waals surface area (Å²) in [6.45, 7) is 4.81. The molecule has 7 nitrogen and oxygen atoms in total. The molecule has 0 aromatic rings. The van der Waals surface area contributed by atoms with E-state index in [0.29, 0.717) is 5.57 Å². The van der Waals surface area contributed by atoms with E-state index in [9.17, 15) is 20.1 Å². The molecule has 130 valence electrons. The highest BCUT2D eigenvalue weighted by Gasteiger charge is 2.75. The molecule has 1 saturated carbocycles. The lowest BCUT2D eigenvalue weighted by atomic mass is 9.57. The van der Waals surface area contributed by atoms with Crippen molar-refractivity contribution < 1.29 is 34.7 Å². The molecule has 1 aliphatic heterocycles. The minimum atomic E-state index is -1.65. The summed E-state index contributed by atoms with van der Waals surface area (Å²) in [5.41, 5.74) is -3.71. The Morgan fingerprint density at radius 2 is 1.96 bits per heavy atom. The molecule has 2 bridgehead atoms. The fourth-order valence-corrected chi connectivity index (χ4v) is 3.82. The van der Waals surface area contributed by atoms with Crippen molar-refractivity contribution in [1.29, 1.82) is 0 Å². The van der Waals surface area contributed by atoms with Crippen LogP contribution in [0.4, 0.5) is 0 Å². The van der Waals surface area contributed by atoms with Crippen LogP contribution in [-0.4, -0.2) is 63.2 Å². The molecule has 0 aromatic heterocycles. The van der Waals surface area contributed by atoms with E-state index in [1.165, 1.54) is 19.3 Å². The molecular weight excluding hydrogens is 304 g/mol. The molecule has 0 amide bonds. The van der Waals surface area contributed by atoms with Gasteiger partial charge < -0.3 is 29.9 Å². The number of fused-ring (bicyclic) bond motifs is 2. The zero-order valence-corrected chi connectivity index (χ0v) is 13.7. The first kappa shape index (κ1) is 18.1. The summed E-state index contributed by atoms with van der Waals surface area (Å²) in [6.07, 6.45) is 0.683. The number of methoxy groups -OCH3 is 1. The number of aliphatic carboxylic acids is 1. The first-order valence-electron chi connectivity index (χ1n) is 7.41. The fourth-order valence-electron chi connectivity index (χ4n) is 3.82. The van der Waals surface area contributed by atoms with Crippen LogP contribution < -0.4 is 0 Å². The number of aliphatic hydroxyl groups excluding tert-OH is 2. The standard InChI is InChI=1S/C16H24O7/c1-9(7-11(18)19)5-6-16(21)14(2)8-10(17)12(20)15(16,3)13(22-4)23-14/h5-7,10,12-13,17,20-21H,8H2,1-4H3,(H,18,19)/t10-,12-,13-,14-,15-,16-/m1/s1. The number of carbonyl (C=O) groups is 1. The van der Waals surface area contributed by atoms with E-state index in [0.717, 1.165) is 6.08 Å². The van der Waals surface area contributed by atoms with Crippen molar-refractivity contribution in [3.05, 3.63) is 23.8 Å². The number of aliphatic hydroxyl groups is 3. The lowest BCUT2D eigenvalue weighted by Gasteiger charge is -2.52. The fraction of sp³-hybridized carbons (Fsp3) is 0.688. The van der Waals surface area contributed by atoms with E-state index < -0.39 is 41.1 Å². The quantitative estimate of drug-likeness (QED) is 0.430. The van der Waals surface area contributed by atoms with Crippen molar-refractivity contribution in [3.8, 4) is 0 Å². The van der Waals surface area contributed by atoms with Gasteiger partial charge in [-0.1, -0.05) is 6.08 Å². The predicted molar refractivity (Wildman–Crippen MR) is 80.5 cm³/mol. The molecule has 1 saturated heterocycles. The molecule has 7 heteroatoms. The second-order valence-corrected chi connectivity index (χ2v) is 6.74. The lowest BCUT2D eigenvalue weighted by Crippen LogP contribution is -2.68. The number of carboxylic acids is 1. The Morgan fingerprint density at radius 3 is 2.48 bits per heavy atom. The van der Waals surface area contributed by atoms with Crippen molar-refractivity contribution >= 4 is 5.97 Å². The van der Waals surface area contributed by atoms with Crippen molar-refractivity contribution in [3.63, 3.8) is 0 Å². The Kier molecular flexibility index (Phi) is 4.47. The molecule has 2 aliphatic rings. The molecule has 23 heavy (non-hydrogen) atoms. The van der Waals surface area contributed by atoms with E-state index >= 15 is 0 Å². The minimum absolute atomic E-state index is 0.0200. The molecule has 1 heterocycles. The zero-order chi connectivity index (χ0) is 17.6. The van der Waals surface area contributed by atoms with Gasteiger partial charge in [-0.05, 0) is 32.4 Å². The summed E-state index contributed by atoms with van der Waals surface area (Å²) in [5, 5.41) is 40.7. The Labute approximate surface area is 134 Å². The third-order valence-electron chi connectivity index (χ3n) is 5.21. The van der Waals surface area contributed by atoms with Gasteiger partial charge in [0.05, 0.1) is 17.6 Å². The third kappa shape index (κ3) is 2.43. The number of carboxylic acid groups (broad SMARTS) is 1. The zero-order valence-electron chi connectivity index (χ0n) is 13.7. The van der Waals surface area contributed by atoms with E-state index in [2.05, 4.69) is 0 Å². The highest BCUT2D eigenvalue weighted by molar-refractivity contribution is 5.81. The highest BCUT2D eigenvalue weighted by Crippen LogP contribution is 2.60. The van der Waals surface area contributed by atoms with Crippen LogP contribution in [0, 0.1) is 5.41 Å². The largest absolute Gasteiger partial charge is 0.478 e. The first-order valence-corrected chi connectivity index (χ1v) is 7.41. The molecule has 4 N–H and O–H groups in total. The normalized spacial score (nSPS) is 47.3. The number of hydrogen-bond acceptors (Lipinski definition) is 6. The molecule has 6 atom stereocenters. The van der Waals surface area contributed by atoms with Gasteiger partial charge in [-0.2, -0.15) is 0 Å². The third-order valence-corrected chi connectivity index (χ3v) is 5.21. The van der Waals surface area contributed by atoms with Crippen molar-refractivity contribution in [2.45, 2.75) is 56.9 Å². The summed E-state index contributed by atoms with van der Waals surface area (Å²) >= 11 is 0. The van der Waals surface area contributed by atoms with Gasteiger partial charge >= 0.3 is 5.97 Å². The summed E-state index contributed by atoms with van der Waals surface area (Å²) < 4.78 is 11.1. The number of hydrogen-bond donors (Lipinski definition) is 4. The Morgan fingerprint density at radius 1 is 1.35 bits per heavy atom. The summed E-state index contributed by atoms with van der Waals surface area (Å²) in [5.74, 6) is -1.09. The van der Waals surface area contributed by atoms with Crippen LogP contribution >= 0.6 is 0 Å². The maximum Gasteiger partial charge on any atom is 0.328 e. The minimum Gasteiger partial charge on any atom is -0.478 e. The van der Waals surface area contributed by atoms with Gasteiger partial charge in [0.2, 0.25) is 0 Å². The van der Waals surface area contributed by atoms with Crippen LogP contribution in [0.3, 0.4) is 0 Å². The number of allylic oxidation sites excluding steroid dienone is 2. The lowest BCUT2D eigenvalue weighted by molar-refractivity contribution is -0.204. The van der Waals surface area contributed by atoms with Gasteiger partial charge in [-0.3, -0.25) is 0 Å². The van der Waals surface area contributed by atoms with E-state index in [1.807, 2.05) is 0 Å². The molecule has 0 spiro atoms. The molecular formula is C16H24O7. The summed E-state index contributed by atoms with van der Waals surface area (Å²) in [4.78, 5) is 10.7. The average molecular weight is 328 g/mol. The van der Waals surface area contributed by atoms with Gasteiger partial charge in [0.25, 0.3) is 0 Å². The Balaban J connectivity index is 2.51. The summed E-state index contributed by atoms with van der Waals surface area (Å²) in [7, 11) is 1.40. The number of ether oxygens (including phenoxy) is 2. The second-order valence-electron chi connectivity index (χ2n) is 6.74. The van der Waals surface area contributed by atoms with Crippen LogP contribution in [0.5, 0.6) is 0 Å². The van der Waals surface area contributed by atoms with Gasteiger partial charge in [0, 0.05) is 19.6 Å². The maximum atomic E-state index is 11.3. The highest BCUT2D eigenvalue weighted by atomic mass is 16.7. The van der Waals surface area contributed by atoms with E-state index in [1.54, 1.807) is 20.8 Å². The van der Waals surface area contributed by atoms with Crippen LogP contribution in [0.25, 0.3) is 0 Å². The van der Waals surface area contributed by atoms with Crippen LogP contribution in [0.1, 0.15) is 27.2 Å². The molecule has 0 unspecified atom stereocenters. The molecule has 0 radical (unpaired) electrons. The number of rotatable bonds is 4. The molecule has 2 rings (SSSR count). The monoisotopic (exact) mass is 328 g/mol. The average Bonchev–Trinajstić information content (AvgIpc) is 2.57. The molecule has 1 aliphatic carbocycles. The SMILES string of the molecule is CO[C@@H]1O[C@]2(C)C[C@@H](O)[C@@H](O)[C@@]1(C)[C@@]2(O)C=CC(C)=CC(=O)O. The van der Waals surface area contributed by atoms with Crippen molar-refractivity contribution in [2.24, 2.45) is 5.41 Å². The maximum absolute atomic E-state index is 11.3. The summed E-state index contributed by atoms with van der Waals surface area (Å²) in [6, 6.07) is 0. The first-order chi connectivity index (χ1) is 10.5. The smallest absolute Gasteiger partial charge is 0.328 e.